The highest BCUT2D eigenvalue weighted by Crippen LogP contribution is 2.32. The standard InChI is InChI=1S/C21H24N2/c1-13-9-7-8-10-19(13)21-22-11-12-23(21)20-17(5)15(3)14(2)16(4)18(20)6/h7-12H,1-6H3. The molecule has 0 radical (unpaired) electrons. The van der Waals surface area contributed by atoms with Crippen molar-refractivity contribution in [2.24, 2.45) is 0 Å². The van der Waals surface area contributed by atoms with E-state index in [1.807, 2.05) is 6.20 Å². The summed E-state index contributed by atoms with van der Waals surface area (Å²) in [7, 11) is 0. The Labute approximate surface area is 138 Å². The van der Waals surface area contributed by atoms with Gasteiger partial charge in [0.1, 0.15) is 5.82 Å². The van der Waals surface area contributed by atoms with E-state index in [0.29, 0.717) is 0 Å². The summed E-state index contributed by atoms with van der Waals surface area (Å²) in [6.45, 7) is 13.2. The zero-order chi connectivity index (χ0) is 16.7. The molecule has 1 aromatic heterocycles. The average Bonchev–Trinajstić information content (AvgIpc) is 3.01. The fourth-order valence-corrected chi connectivity index (χ4v) is 3.35. The van der Waals surface area contributed by atoms with Gasteiger partial charge >= 0.3 is 0 Å². The van der Waals surface area contributed by atoms with Crippen LogP contribution in [0.2, 0.25) is 0 Å². The van der Waals surface area contributed by atoms with Crippen LogP contribution in [0.4, 0.5) is 0 Å². The van der Waals surface area contributed by atoms with Crippen LogP contribution in [-0.2, 0) is 0 Å². The molecule has 0 bridgehead atoms. The molecule has 0 spiro atoms. The lowest BCUT2D eigenvalue weighted by atomic mass is 9.92. The Morgan fingerprint density at radius 3 is 1.91 bits per heavy atom. The Morgan fingerprint density at radius 1 is 0.739 bits per heavy atom. The van der Waals surface area contributed by atoms with Gasteiger partial charge in [-0.1, -0.05) is 24.3 Å². The zero-order valence-corrected chi connectivity index (χ0v) is 14.9. The highest BCUT2D eigenvalue weighted by molar-refractivity contribution is 5.66. The molecule has 0 aliphatic heterocycles. The van der Waals surface area contributed by atoms with Crippen molar-refractivity contribution in [3.8, 4) is 17.1 Å². The minimum absolute atomic E-state index is 1.01. The molecule has 0 saturated carbocycles. The third kappa shape index (κ3) is 2.39. The monoisotopic (exact) mass is 304 g/mol. The Hall–Kier alpha value is -2.35. The summed E-state index contributed by atoms with van der Waals surface area (Å²) in [6.07, 6.45) is 3.97. The first-order chi connectivity index (χ1) is 10.9. The number of nitrogens with zero attached hydrogens (tertiary/aromatic N) is 2. The van der Waals surface area contributed by atoms with Crippen LogP contribution in [0.15, 0.2) is 36.7 Å². The van der Waals surface area contributed by atoms with Gasteiger partial charge in [-0.2, -0.15) is 0 Å². The molecule has 2 nitrogen and oxygen atoms in total. The summed E-state index contributed by atoms with van der Waals surface area (Å²) in [6, 6.07) is 8.43. The lowest BCUT2D eigenvalue weighted by Gasteiger charge is -2.21. The molecular formula is C21H24N2. The number of aryl methyl sites for hydroxylation is 1. The lowest BCUT2D eigenvalue weighted by molar-refractivity contribution is 1.00. The van der Waals surface area contributed by atoms with Crippen molar-refractivity contribution in [3.63, 3.8) is 0 Å². The maximum Gasteiger partial charge on any atom is 0.144 e. The van der Waals surface area contributed by atoms with E-state index >= 15 is 0 Å². The summed E-state index contributed by atoms with van der Waals surface area (Å²) in [5.74, 6) is 1.01. The van der Waals surface area contributed by atoms with E-state index in [1.54, 1.807) is 0 Å². The Balaban J connectivity index is 2.32. The summed E-state index contributed by atoms with van der Waals surface area (Å²) >= 11 is 0. The van der Waals surface area contributed by atoms with Crippen LogP contribution >= 0.6 is 0 Å². The van der Waals surface area contributed by atoms with Crippen LogP contribution in [0.1, 0.15) is 33.4 Å². The smallest absolute Gasteiger partial charge is 0.144 e. The van der Waals surface area contributed by atoms with E-state index < -0.39 is 0 Å². The second kappa shape index (κ2) is 5.69. The van der Waals surface area contributed by atoms with Crippen LogP contribution < -0.4 is 0 Å². The molecule has 0 fully saturated rings. The predicted molar refractivity (Wildman–Crippen MR) is 97.4 cm³/mol. The van der Waals surface area contributed by atoms with Gasteiger partial charge in [-0.3, -0.25) is 4.57 Å². The largest absolute Gasteiger partial charge is 0.299 e. The van der Waals surface area contributed by atoms with Crippen LogP contribution in [0.3, 0.4) is 0 Å². The number of benzene rings is 2. The minimum Gasteiger partial charge on any atom is -0.299 e. The Morgan fingerprint density at radius 2 is 1.30 bits per heavy atom. The zero-order valence-electron chi connectivity index (χ0n) is 14.9. The van der Waals surface area contributed by atoms with Crippen LogP contribution in [0.5, 0.6) is 0 Å². The van der Waals surface area contributed by atoms with E-state index in [1.165, 1.54) is 44.6 Å². The third-order valence-electron chi connectivity index (χ3n) is 5.23. The molecule has 0 saturated heterocycles. The second-order valence-electron chi connectivity index (χ2n) is 6.41. The van der Waals surface area contributed by atoms with Gasteiger partial charge in [-0.15, -0.1) is 0 Å². The SMILES string of the molecule is Cc1ccccc1-c1nccn1-c1c(C)c(C)c(C)c(C)c1C. The molecule has 0 aliphatic rings. The molecule has 0 atom stereocenters. The van der Waals surface area contributed by atoms with Gasteiger partial charge in [0.25, 0.3) is 0 Å². The van der Waals surface area contributed by atoms with Crippen molar-refractivity contribution < 1.29 is 0 Å². The maximum absolute atomic E-state index is 4.65. The van der Waals surface area contributed by atoms with Crippen LogP contribution in [0, 0.1) is 41.5 Å². The topological polar surface area (TPSA) is 17.8 Å². The predicted octanol–water partition coefficient (Wildman–Crippen LogP) is 5.39. The number of hydrogen-bond acceptors (Lipinski definition) is 1. The quantitative estimate of drug-likeness (QED) is 0.620. The fourth-order valence-electron chi connectivity index (χ4n) is 3.35. The van der Waals surface area contributed by atoms with Crippen LogP contribution in [0.25, 0.3) is 17.1 Å². The Kier molecular flexibility index (Phi) is 3.85. The van der Waals surface area contributed by atoms with E-state index in [2.05, 4.69) is 81.6 Å². The molecule has 2 aromatic carbocycles. The summed E-state index contributed by atoms with van der Waals surface area (Å²) in [5.41, 5.74) is 10.5. The molecule has 1 heterocycles. The highest BCUT2D eigenvalue weighted by atomic mass is 15.1. The van der Waals surface area contributed by atoms with E-state index in [0.717, 1.165) is 5.82 Å². The van der Waals surface area contributed by atoms with E-state index in [-0.39, 0.29) is 0 Å². The molecule has 2 heteroatoms. The van der Waals surface area contributed by atoms with Gasteiger partial charge in [0.05, 0.1) is 5.69 Å². The highest BCUT2D eigenvalue weighted by Gasteiger charge is 2.17. The van der Waals surface area contributed by atoms with E-state index in [4.69, 9.17) is 0 Å². The number of aromatic nitrogens is 2. The first-order valence-corrected chi connectivity index (χ1v) is 8.10. The van der Waals surface area contributed by atoms with Crippen molar-refractivity contribution in [2.45, 2.75) is 41.5 Å². The molecule has 3 aromatic rings. The van der Waals surface area contributed by atoms with Gasteiger partial charge in [0, 0.05) is 18.0 Å². The average molecular weight is 304 g/mol. The van der Waals surface area contributed by atoms with Gasteiger partial charge in [-0.05, 0) is 74.9 Å². The molecule has 0 unspecified atom stereocenters. The molecule has 3 rings (SSSR count). The summed E-state index contributed by atoms with van der Waals surface area (Å²) in [4.78, 5) is 4.65. The number of imidazole rings is 1. The van der Waals surface area contributed by atoms with Crippen molar-refractivity contribution in [2.75, 3.05) is 0 Å². The van der Waals surface area contributed by atoms with Crippen molar-refractivity contribution in [3.05, 3.63) is 70.0 Å². The molecular weight excluding hydrogens is 280 g/mol. The molecule has 0 aliphatic carbocycles. The molecule has 0 amide bonds. The molecule has 23 heavy (non-hydrogen) atoms. The summed E-state index contributed by atoms with van der Waals surface area (Å²) in [5, 5.41) is 0. The molecule has 118 valence electrons. The first-order valence-electron chi connectivity index (χ1n) is 8.10. The minimum atomic E-state index is 1.01. The number of rotatable bonds is 2. The second-order valence-corrected chi connectivity index (χ2v) is 6.41. The van der Waals surface area contributed by atoms with Gasteiger partial charge in [-0.25, -0.2) is 4.98 Å². The molecule has 0 N–H and O–H groups in total. The Bertz CT molecular complexity index is 856. The van der Waals surface area contributed by atoms with Gasteiger partial charge in [0.2, 0.25) is 0 Å². The van der Waals surface area contributed by atoms with Crippen LogP contribution in [-0.4, -0.2) is 9.55 Å². The third-order valence-corrected chi connectivity index (χ3v) is 5.23. The van der Waals surface area contributed by atoms with Gasteiger partial charge < -0.3 is 0 Å². The first kappa shape index (κ1) is 15.5. The van der Waals surface area contributed by atoms with Gasteiger partial charge in [0.15, 0.2) is 0 Å². The van der Waals surface area contributed by atoms with Crippen molar-refractivity contribution in [1.82, 2.24) is 9.55 Å². The lowest BCUT2D eigenvalue weighted by Crippen LogP contribution is -2.07. The number of hydrogen-bond donors (Lipinski definition) is 0. The van der Waals surface area contributed by atoms with Crippen molar-refractivity contribution >= 4 is 0 Å². The van der Waals surface area contributed by atoms with Crippen molar-refractivity contribution in [1.29, 1.82) is 0 Å². The van der Waals surface area contributed by atoms with E-state index in [9.17, 15) is 0 Å². The fraction of sp³-hybridized carbons (Fsp3) is 0.286. The summed E-state index contributed by atoms with van der Waals surface area (Å²) < 4.78 is 2.24. The maximum atomic E-state index is 4.65. The normalized spacial score (nSPS) is 11.0.